The molecule has 0 aliphatic rings. The number of esters is 2. The predicted molar refractivity (Wildman–Crippen MR) is 62.5 cm³/mol. The Hall–Kier alpha value is -2.04. The lowest BCUT2D eigenvalue weighted by atomic mass is 10.0. The summed E-state index contributed by atoms with van der Waals surface area (Å²) in [6, 6.07) is 4.91. The maximum absolute atomic E-state index is 11.5. The Morgan fingerprint density at radius 1 is 1.35 bits per heavy atom. The number of anilines is 1. The molecule has 1 aromatic rings. The van der Waals surface area contributed by atoms with Crippen LogP contribution < -0.4 is 5.73 Å². The van der Waals surface area contributed by atoms with Crippen LogP contribution in [0.15, 0.2) is 18.2 Å². The van der Waals surface area contributed by atoms with Crippen LogP contribution in [0.1, 0.15) is 22.8 Å². The first-order chi connectivity index (χ1) is 8.10. The van der Waals surface area contributed by atoms with Crippen LogP contribution in [-0.4, -0.2) is 25.7 Å². The molecule has 0 aromatic heterocycles. The molecule has 0 aliphatic heterocycles. The van der Waals surface area contributed by atoms with Gasteiger partial charge >= 0.3 is 11.9 Å². The standard InChI is InChI=1S/C12H15NO4/c1-3-17-10(14)7-8-5-4-6-9(13)11(8)12(15)16-2/h4-6H,3,7,13H2,1-2H3. The van der Waals surface area contributed by atoms with Gasteiger partial charge in [0, 0.05) is 5.69 Å². The highest BCUT2D eigenvalue weighted by atomic mass is 16.5. The Labute approximate surface area is 99.5 Å². The van der Waals surface area contributed by atoms with Crippen molar-refractivity contribution in [3.8, 4) is 0 Å². The van der Waals surface area contributed by atoms with E-state index in [-0.39, 0.29) is 12.0 Å². The third-order valence-corrected chi connectivity index (χ3v) is 2.21. The van der Waals surface area contributed by atoms with Crippen LogP contribution in [0.2, 0.25) is 0 Å². The van der Waals surface area contributed by atoms with Crippen LogP contribution >= 0.6 is 0 Å². The molecule has 5 heteroatoms. The highest BCUT2D eigenvalue weighted by molar-refractivity contribution is 5.97. The van der Waals surface area contributed by atoms with Crippen LogP contribution in [0.4, 0.5) is 5.69 Å². The lowest BCUT2D eigenvalue weighted by Gasteiger charge is -2.09. The van der Waals surface area contributed by atoms with Crippen molar-refractivity contribution < 1.29 is 19.1 Å². The molecule has 0 amide bonds. The Balaban J connectivity index is 3.02. The van der Waals surface area contributed by atoms with Crippen LogP contribution in [0, 0.1) is 0 Å². The fourth-order valence-corrected chi connectivity index (χ4v) is 1.49. The zero-order valence-electron chi connectivity index (χ0n) is 9.86. The van der Waals surface area contributed by atoms with E-state index in [1.54, 1.807) is 25.1 Å². The average Bonchev–Trinajstić information content (AvgIpc) is 2.28. The largest absolute Gasteiger partial charge is 0.466 e. The SMILES string of the molecule is CCOC(=O)Cc1cccc(N)c1C(=O)OC. The minimum Gasteiger partial charge on any atom is -0.466 e. The summed E-state index contributed by atoms with van der Waals surface area (Å²) in [5, 5.41) is 0. The summed E-state index contributed by atoms with van der Waals surface area (Å²) in [5.74, 6) is -0.953. The van der Waals surface area contributed by atoms with E-state index in [0.29, 0.717) is 17.9 Å². The molecule has 17 heavy (non-hydrogen) atoms. The second kappa shape index (κ2) is 5.89. The van der Waals surface area contributed by atoms with Gasteiger partial charge in [-0.3, -0.25) is 4.79 Å². The third kappa shape index (κ3) is 3.21. The molecule has 5 nitrogen and oxygen atoms in total. The van der Waals surface area contributed by atoms with Crippen molar-refractivity contribution in [3.05, 3.63) is 29.3 Å². The van der Waals surface area contributed by atoms with Gasteiger partial charge in [-0.25, -0.2) is 4.79 Å². The van der Waals surface area contributed by atoms with Crippen molar-refractivity contribution in [2.45, 2.75) is 13.3 Å². The maximum atomic E-state index is 11.5. The molecular weight excluding hydrogens is 222 g/mol. The summed E-state index contributed by atoms with van der Waals surface area (Å²) >= 11 is 0. The molecule has 0 fully saturated rings. The minimum absolute atomic E-state index is 0.00329. The molecule has 92 valence electrons. The molecule has 0 heterocycles. The summed E-state index contributed by atoms with van der Waals surface area (Å²) in [5.41, 5.74) is 6.72. The first kappa shape index (κ1) is 13.0. The summed E-state index contributed by atoms with van der Waals surface area (Å²) in [4.78, 5) is 22.9. The van der Waals surface area contributed by atoms with E-state index in [0.717, 1.165) is 0 Å². The van der Waals surface area contributed by atoms with Gasteiger partial charge < -0.3 is 15.2 Å². The summed E-state index contributed by atoms with van der Waals surface area (Å²) in [6.45, 7) is 2.02. The third-order valence-electron chi connectivity index (χ3n) is 2.21. The molecule has 1 rings (SSSR count). The average molecular weight is 237 g/mol. The maximum Gasteiger partial charge on any atom is 0.340 e. The fraction of sp³-hybridized carbons (Fsp3) is 0.333. The number of benzene rings is 1. The van der Waals surface area contributed by atoms with Crippen molar-refractivity contribution in [1.82, 2.24) is 0 Å². The second-order valence-electron chi connectivity index (χ2n) is 3.35. The summed E-state index contributed by atoms with van der Waals surface area (Å²) < 4.78 is 9.45. The molecule has 0 unspecified atom stereocenters. The van der Waals surface area contributed by atoms with Crippen LogP contribution in [0.5, 0.6) is 0 Å². The number of nitrogen functional groups attached to an aromatic ring is 1. The first-order valence-corrected chi connectivity index (χ1v) is 5.21. The topological polar surface area (TPSA) is 78.6 Å². The fourth-order valence-electron chi connectivity index (χ4n) is 1.49. The Bertz CT molecular complexity index is 429. The van der Waals surface area contributed by atoms with Gasteiger partial charge in [0.1, 0.15) is 0 Å². The first-order valence-electron chi connectivity index (χ1n) is 5.21. The van der Waals surface area contributed by atoms with E-state index in [1.165, 1.54) is 7.11 Å². The molecule has 1 aromatic carbocycles. The lowest BCUT2D eigenvalue weighted by Crippen LogP contribution is -2.14. The van der Waals surface area contributed by atoms with Crippen molar-refractivity contribution in [1.29, 1.82) is 0 Å². The zero-order valence-corrected chi connectivity index (χ0v) is 9.86. The number of nitrogens with two attached hydrogens (primary N) is 1. The van der Waals surface area contributed by atoms with E-state index in [1.807, 2.05) is 0 Å². The molecule has 0 aliphatic carbocycles. The highest BCUT2D eigenvalue weighted by Gasteiger charge is 2.17. The van der Waals surface area contributed by atoms with Gasteiger partial charge in [-0.2, -0.15) is 0 Å². The van der Waals surface area contributed by atoms with Crippen LogP contribution in [0.25, 0.3) is 0 Å². The van der Waals surface area contributed by atoms with Gasteiger partial charge in [-0.15, -0.1) is 0 Å². The number of rotatable bonds is 4. The van der Waals surface area contributed by atoms with Crippen LogP contribution in [0.3, 0.4) is 0 Å². The number of ether oxygens (including phenoxy) is 2. The van der Waals surface area contributed by atoms with E-state index in [2.05, 4.69) is 4.74 Å². The van der Waals surface area contributed by atoms with E-state index < -0.39 is 11.9 Å². The molecule has 0 radical (unpaired) electrons. The van der Waals surface area contributed by atoms with Gasteiger partial charge in [-0.05, 0) is 18.6 Å². The summed E-state index contributed by atoms with van der Waals surface area (Å²) in [7, 11) is 1.27. The Kier molecular flexibility index (Phi) is 4.51. The monoisotopic (exact) mass is 237 g/mol. The van der Waals surface area contributed by atoms with Crippen molar-refractivity contribution >= 4 is 17.6 Å². The van der Waals surface area contributed by atoms with Gasteiger partial charge in [0.2, 0.25) is 0 Å². The zero-order chi connectivity index (χ0) is 12.8. The second-order valence-corrected chi connectivity index (χ2v) is 3.35. The van der Waals surface area contributed by atoms with E-state index in [9.17, 15) is 9.59 Å². The predicted octanol–water partition coefficient (Wildman–Crippen LogP) is 1.16. The lowest BCUT2D eigenvalue weighted by molar-refractivity contribution is -0.142. The highest BCUT2D eigenvalue weighted by Crippen LogP contribution is 2.19. The van der Waals surface area contributed by atoms with Gasteiger partial charge in [0.05, 0.1) is 25.7 Å². The number of hydrogen-bond donors (Lipinski definition) is 1. The number of methoxy groups -OCH3 is 1. The molecule has 0 bridgehead atoms. The quantitative estimate of drug-likeness (QED) is 0.628. The number of carbonyl (C=O) groups is 2. The summed E-state index contributed by atoms with van der Waals surface area (Å²) in [6.07, 6.45) is 0.00329. The molecule has 0 saturated carbocycles. The normalized spacial score (nSPS) is 9.76. The minimum atomic E-state index is -0.553. The molecular formula is C12H15NO4. The van der Waals surface area contributed by atoms with Crippen molar-refractivity contribution in [2.24, 2.45) is 0 Å². The smallest absolute Gasteiger partial charge is 0.340 e. The molecule has 0 atom stereocenters. The molecule has 2 N–H and O–H groups in total. The number of carbonyl (C=O) groups excluding carboxylic acids is 2. The number of hydrogen-bond acceptors (Lipinski definition) is 5. The van der Waals surface area contributed by atoms with Gasteiger partial charge in [0.25, 0.3) is 0 Å². The van der Waals surface area contributed by atoms with Crippen LogP contribution in [-0.2, 0) is 20.7 Å². The molecule has 0 saturated heterocycles. The Morgan fingerprint density at radius 3 is 2.65 bits per heavy atom. The van der Waals surface area contributed by atoms with Crippen molar-refractivity contribution in [2.75, 3.05) is 19.5 Å². The van der Waals surface area contributed by atoms with Gasteiger partial charge in [0.15, 0.2) is 0 Å². The Morgan fingerprint density at radius 2 is 2.06 bits per heavy atom. The molecule has 0 spiro atoms. The van der Waals surface area contributed by atoms with E-state index >= 15 is 0 Å². The van der Waals surface area contributed by atoms with Crippen molar-refractivity contribution in [3.63, 3.8) is 0 Å². The van der Waals surface area contributed by atoms with E-state index in [4.69, 9.17) is 10.5 Å². The van der Waals surface area contributed by atoms with Gasteiger partial charge in [-0.1, -0.05) is 12.1 Å².